The molecule has 0 saturated carbocycles. The molecule has 0 spiro atoms. The fourth-order valence-electron chi connectivity index (χ4n) is 4.82. The lowest BCUT2D eigenvalue weighted by Gasteiger charge is -2.42. The third-order valence-corrected chi connectivity index (χ3v) is 7.41. The van der Waals surface area contributed by atoms with Gasteiger partial charge in [-0.15, -0.1) is 0 Å². The fraction of sp³-hybridized carbons (Fsp3) is 0.370. The van der Waals surface area contributed by atoms with Crippen LogP contribution in [0.25, 0.3) is 0 Å². The van der Waals surface area contributed by atoms with Crippen molar-refractivity contribution < 1.29 is 19.1 Å². The maximum absolute atomic E-state index is 13.2. The van der Waals surface area contributed by atoms with E-state index in [9.17, 15) is 14.4 Å². The second kappa shape index (κ2) is 11.5. The zero-order valence-corrected chi connectivity index (χ0v) is 22.6. The summed E-state index contributed by atoms with van der Waals surface area (Å²) in [4.78, 5) is 44.7. The molecule has 2 unspecified atom stereocenters. The molecule has 4 rings (SSSR count). The number of carbonyl (C=O) groups excluding carboxylic acids is 3. The molecule has 196 valence electrons. The van der Waals surface area contributed by atoms with Crippen LogP contribution in [0, 0.1) is 0 Å². The van der Waals surface area contributed by atoms with Gasteiger partial charge in [-0.3, -0.25) is 14.6 Å². The van der Waals surface area contributed by atoms with Crippen LogP contribution in [0.2, 0.25) is 10.0 Å². The zero-order chi connectivity index (χ0) is 26.7. The molecule has 8 nitrogen and oxygen atoms in total. The molecule has 37 heavy (non-hydrogen) atoms. The highest BCUT2D eigenvalue weighted by atomic mass is 35.5. The molecule has 10 heteroatoms. The molecule has 0 radical (unpaired) electrons. The summed E-state index contributed by atoms with van der Waals surface area (Å²) in [5, 5.41) is 3.76. The summed E-state index contributed by atoms with van der Waals surface area (Å²) in [6.07, 6.45) is 0. The van der Waals surface area contributed by atoms with Gasteiger partial charge >= 0.3 is 12.0 Å². The Labute approximate surface area is 226 Å². The first-order chi connectivity index (χ1) is 17.7. The maximum atomic E-state index is 13.2. The van der Waals surface area contributed by atoms with E-state index in [-0.39, 0.29) is 24.6 Å². The Bertz CT molecular complexity index is 1230. The maximum Gasteiger partial charge on any atom is 0.338 e. The first kappa shape index (κ1) is 27.0. The minimum absolute atomic E-state index is 0.105. The minimum Gasteiger partial charge on any atom is -0.463 e. The van der Waals surface area contributed by atoms with Crippen molar-refractivity contribution in [3.63, 3.8) is 0 Å². The number of urea groups is 1. The van der Waals surface area contributed by atoms with Crippen LogP contribution < -0.4 is 5.32 Å². The van der Waals surface area contributed by atoms with E-state index < -0.39 is 12.0 Å². The van der Waals surface area contributed by atoms with Crippen LogP contribution in [0.15, 0.2) is 59.8 Å². The van der Waals surface area contributed by atoms with Crippen LogP contribution >= 0.6 is 23.2 Å². The van der Waals surface area contributed by atoms with E-state index in [1.54, 1.807) is 56.4 Å². The zero-order valence-electron chi connectivity index (χ0n) is 21.0. The number of carbonyl (C=O) groups is 3. The van der Waals surface area contributed by atoms with E-state index in [2.05, 4.69) is 10.2 Å². The molecule has 1 saturated heterocycles. The average Bonchev–Trinajstić information content (AvgIpc) is 2.87. The molecular formula is C27H30Cl2N4O4. The molecule has 0 aliphatic carbocycles. The van der Waals surface area contributed by atoms with E-state index >= 15 is 0 Å². The molecule has 2 aromatic rings. The van der Waals surface area contributed by atoms with Crippen LogP contribution in [0.1, 0.15) is 35.8 Å². The van der Waals surface area contributed by atoms with Crippen LogP contribution in [0.5, 0.6) is 0 Å². The standard InChI is InChI=1S/C27H30Cl2N4O4/c1-4-37-26(35)23-22(31(3)27(36)30-24(23)18-9-5-7-11-20(18)28)16-32-13-14-33(17(2)15-32)25(34)19-10-6-8-12-21(19)29/h5-12,17,24H,4,13-16H2,1-3H3,(H,30,36). The molecule has 3 amide bonds. The van der Waals surface area contributed by atoms with Gasteiger partial charge in [0.05, 0.1) is 28.8 Å². The number of esters is 1. The Morgan fingerprint density at radius 2 is 1.73 bits per heavy atom. The Kier molecular flexibility index (Phi) is 8.42. The van der Waals surface area contributed by atoms with Crippen LogP contribution in [-0.2, 0) is 9.53 Å². The van der Waals surface area contributed by atoms with Crippen LogP contribution in [0.3, 0.4) is 0 Å². The lowest BCUT2D eigenvalue weighted by atomic mass is 9.94. The van der Waals surface area contributed by atoms with Crippen molar-refractivity contribution in [2.24, 2.45) is 0 Å². The summed E-state index contributed by atoms with van der Waals surface area (Å²) in [5.74, 6) is -0.619. The quantitative estimate of drug-likeness (QED) is 0.546. The molecule has 0 aromatic heterocycles. The number of likely N-dealkylation sites (N-methyl/N-ethyl adjacent to an activating group) is 1. The lowest BCUT2D eigenvalue weighted by Crippen LogP contribution is -2.56. The van der Waals surface area contributed by atoms with E-state index in [0.29, 0.717) is 58.6 Å². The summed E-state index contributed by atoms with van der Waals surface area (Å²) in [6.45, 7) is 5.85. The van der Waals surface area contributed by atoms with Crippen molar-refractivity contribution in [3.05, 3.63) is 81.0 Å². The number of rotatable bonds is 6. The van der Waals surface area contributed by atoms with E-state index in [4.69, 9.17) is 27.9 Å². The minimum atomic E-state index is -0.744. The van der Waals surface area contributed by atoms with Crippen molar-refractivity contribution in [2.45, 2.75) is 25.9 Å². The van der Waals surface area contributed by atoms with Crippen LogP contribution in [0.4, 0.5) is 4.79 Å². The van der Waals surface area contributed by atoms with Crippen molar-refractivity contribution >= 4 is 41.1 Å². The molecule has 2 aliphatic heterocycles. The average molecular weight is 545 g/mol. The smallest absolute Gasteiger partial charge is 0.338 e. The number of piperazine rings is 1. The van der Waals surface area contributed by atoms with Gasteiger partial charge in [-0.1, -0.05) is 53.5 Å². The second-order valence-electron chi connectivity index (χ2n) is 9.11. The Balaban J connectivity index is 1.62. The summed E-state index contributed by atoms with van der Waals surface area (Å²) in [5.41, 5.74) is 1.99. The third kappa shape index (κ3) is 5.61. The molecule has 0 bridgehead atoms. The predicted molar refractivity (Wildman–Crippen MR) is 143 cm³/mol. The number of halogens is 2. The SMILES string of the molecule is CCOC(=O)C1=C(CN2CCN(C(=O)c3ccccc3Cl)C(C)C2)N(C)C(=O)NC1c1ccccc1Cl. The first-order valence-corrected chi connectivity index (χ1v) is 12.9. The summed E-state index contributed by atoms with van der Waals surface area (Å²) < 4.78 is 5.40. The lowest BCUT2D eigenvalue weighted by molar-refractivity contribution is -0.139. The molecule has 2 aliphatic rings. The fourth-order valence-corrected chi connectivity index (χ4v) is 5.28. The molecule has 1 N–H and O–H groups in total. The monoisotopic (exact) mass is 544 g/mol. The highest BCUT2D eigenvalue weighted by Crippen LogP contribution is 2.35. The first-order valence-electron chi connectivity index (χ1n) is 12.2. The summed E-state index contributed by atoms with van der Waals surface area (Å²) in [7, 11) is 1.63. The number of amides is 3. The topological polar surface area (TPSA) is 82.2 Å². The van der Waals surface area contributed by atoms with E-state index in [1.807, 2.05) is 17.9 Å². The number of benzene rings is 2. The summed E-state index contributed by atoms with van der Waals surface area (Å²) in [6, 6.07) is 12.9. The van der Waals surface area contributed by atoms with Crippen molar-refractivity contribution in [1.29, 1.82) is 0 Å². The highest BCUT2D eigenvalue weighted by molar-refractivity contribution is 6.33. The largest absolute Gasteiger partial charge is 0.463 e. The Morgan fingerprint density at radius 3 is 2.38 bits per heavy atom. The predicted octanol–water partition coefficient (Wildman–Crippen LogP) is 4.35. The van der Waals surface area contributed by atoms with Gasteiger partial charge in [0, 0.05) is 50.0 Å². The normalized spacial score (nSPS) is 20.6. The molecule has 1 fully saturated rings. The van der Waals surface area contributed by atoms with Gasteiger partial charge in [0.2, 0.25) is 0 Å². The van der Waals surface area contributed by atoms with Crippen molar-refractivity contribution in [1.82, 2.24) is 20.0 Å². The number of hydrogen-bond acceptors (Lipinski definition) is 5. The Morgan fingerprint density at radius 1 is 1.05 bits per heavy atom. The van der Waals surface area contributed by atoms with E-state index in [0.717, 1.165) is 0 Å². The molecule has 2 heterocycles. The van der Waals surface area contributed by atoms with Gasteiger partial charge in [-0.2, -0.15) is 0 Å². The number of ether oxygens (including phenoxy) is 1. The van der Waals surface area contributed by atoms with Gasteiger partial charge in [-0.05, 0) is 37.6 Å². The number of nitrogens with zero attached hydrogens (tertiary/aromatic N) is 3. The molecule has 2 aromatic carbocycles. The summed E-state index contributed by atoms with van der Waals surface area (Å²) >= 11 is 12.7. The number of nitrogens with one attached hydrogen (secondary N) is 1. The Hall–Kier alpha value is -3.07. The van der Waals surface area contributed by atoms with Crippen molar-refractivity contribution in [3.8, 4) is 0 Å². The van der Waals surface area contributed by atoms with Gasteiger partial charge < -0.3 is 15.0 Å². The van der Waals surface area contributed by atoms with Gasteiger partial charge in [0.15, 0.2) is 0 Å². The van der Waals surface area contributed by atoms with Gasteiger partial charge in [-0.25, -0.2) is 9.59 Å². The van der Waals surface area contributed by atoms with Crippen molar-refractivity contribution in [2.75, 3.05) is 39.8 Å². The van der Waals surface area contributed by atoms with E-state index in [1.165, 1.54) is 4.90 Å². The molecule has 2 atom stereocenters. The number of hydrogen-bond donors (Lipinski definition) is 1. The van der Waals surface area contributed by atoms with Gasteiger partial charge in [0.25, 0.3) is 5.91 Å². The van der Waals surface area contributed by atoms with Gasteiger partial charge in [0.1, 0.15) is 0 Å². The third-order valence-electron chi connectivity index (χ3n) is 6.74. The second-order valence-corrected chi connectivity index (χ2v) is 9.92. The highest BCUT2D eigenvalue weighted by Gasteiger charge is 2.39. The van der Waals surface area contributed by atoms with Crippen LogP contribution in [-0.4, -0.2) is 78.5 Å². The molecular weight excluding hydrogens is 515 g/mol.